The van der Waals surface area contributed by atoms with E-state index in [1.165, 1.54) is 16.7 Å². The van der Waals surface area contributed by atoms with Crippen molar-refractivity contribution in [3.05, 3.63) is 82.9 Å². The van der Waals surface area contributed by atoms with Crippen LogP contribution in [0.5, 0.6) is 0 Å². The molecule has 0 unspecified atom stereocenters. The maximum Gasteiger partial charge on any atom is 0.290 e. The lowest BCUT2D eigenvalue weighted by molar-refractivity contribution is 0.249. The lowest BCUT2D eigenvalue weighted by Gasteiger charge is -2.34. The average molecular weight is 346 g/mol. The molecule has 1 aromatic heterocycles. The molecule has 3 aromatic rings. The molecule has 1 aliphatic rings. The summed E-state index contributed by atoms with van der Waals surface area (Å²) in [7, 11) is 0. The van der Waals surface area contributed by atoms with Crippen molar-refractivity contribution in [2.75, 3.05) is 31.1 Å². The van der Waals surface area contributed by atoms with Crippen molar-refractivity contribution in [3.63, 3.8) is 0 Å². The van der Waals surface area contributed by atoms with Crippen molar-refractivity contribution >= 4 is 5.82 Å². The zero-order valence-corrected chi connectivity index (χ0v) is 14.6. The second-order valence-electron chi connectivity index (χ2n) is 6.57. The summed E-state index contributed by atoms with van der Waals surface area (Å²) in [5.74, 6) is 0.526. The van der Waals surface area contributed by atoms with Gasteiger partial charge in [0, 0.05) is 45.1 Å². The van der Waals surface area contributed by atoms with Gasteiger partial charge in [0.25, 0.3) is 5.56 Å². The van der Waals surface area contributed by atoms with Crippen molar-refractivity contribution in [1.29, 1.82) is 0 Å². The topological polar surface area (TPSA) is 52.2 Å². The second kappa shape index (κ2) is 7.54. The predicted octanol–water partition coefficient (Wildman–Crippen LogP) is 2.76. The smallest absolute Gasteiger partial charge is 0.290 e. The van der Waals surface area contributed by atoms with Gasteiger partial charge in [0.15, 0.2) is 5.82 Å². The summed E-state index contributed by atoms with van der Waals surface area (Å²) in [5.41, 5.74) is 3.70. The fraction of sp³-hybridized carbons (Fsp3) is 0.238. The number of nitrogens with one attached hydrogen (secondary N) is 1. The molecule has 0 bridgehead atoms. The number of anilines is 1. The Labute approximate surface area is 152 Å². The van der Waals surface area contributed by atoms with Gasteiger partial charge in [0.05, 0.1) is 0 Å². The lowest BCUT2D eigenvalue weighted by atomic mass is 10.0. The van der Waals surface area contributed by atoms with Gasteiger partial charge in [-0.25, -0.2) is 4.98 Å². The molecule has 2 aromatic carbocycles. The monoisotopic (exact) mass is 346 g/mol. The van der Waals surface area contributed by atoms with Crippen LogP contribution in [0.1, 0.15) is 5.56 Å². The molecule has 0 radical (unpaired) electrons. The first-order valence-corrected chi connectivity index (χ1v) is 8.95. The highest BCUT2D eigenvalue weighted by molar-refractivity contribution is 5.63. The van der Waals surface area contributed by atoms with Crippen LogP contribution in [0.25, 0.3) is 11.1 Å². The quantitative estimate of drug-likeness (QED) is 0.789. The van der Waals surface area contributed by atoms with Crippen LogP contribution in [0.2, 0.25) is 0 Å². The van der Waals surface area contributed by atoms with E-state index in [9.17, 15) is 4.79 Å². The fourth-order valence-electron chi connectivity index (χ4n) is 3.43. The molecule has 2 heterocycles. The minimum absolute atomic E-state index is 0.114. The molecule has 5 heteroatoms. The van der Waals surface area contributed by atoms with E-state index in [4.69, 9.17) is 0 Å². The van der Waals surface area contributed by atoms with Crippen molar-refractivity contribution in [2.24, 2.45) is 0 Å². The van der Waals surface area contributed by atoms with Gasteiger partial charge in [-0.15, -0.1) is 0 Å². The van der Waals surface area contributed by atoms with E-state index in [0.29, 0.717) is 5.82 Å². The SMILES string of the molecule is O=c1[nH]ccnc1N1CCN(Cc2cccc(-c3ccccc3)c2)CC1. The first kappa shape index (κ1) is 16.5. The highest BCUT2D eigenvalue weighted by Gasteiger charge is 2.20. The molecule has 0 saturated carbocycles. The van der Waals surface area contributed by atoms with Crippen LogP contribution >= 0.6 is 0 Å². The van der Waals surface area contributed by atoms with E-state index < -0.39 is 0 Å². The Morgan fingerprint density at radius 3 is 2.46 bits per heavy atom. The molecule has 26 heavy (non-hydrogen) atoms. The summed E-state index contributed by atoms with van der Waals surface area (Å²) in [6.45, 7) is 4.40. The molecule has 5 nitrogen and oxygen atoms in total. The fourth-order valence-corrected chi connectivity index (χ4v) is 3.43. The van der Waals surface area contributed by atoms with Crippen molar-refractivity contribution < 1.29 is 0 Å². The van der Waals surface area contributed by atoms with Crippen LogP contribution in [0.3, 0.4) is 0 Å². The number of benzene rings is 2. The lowest BCUT2D eigenvalue weighted by Crippen LogP contribution is -2.47. The van der Waals surface area contributed by atoms with Crippen LogP contribution in [-0.4, -0.2) is 41.0 Å². The van der Waals surface area contributed by atoms with Crippen LogP contribution in [0.15, 0.2) is 71.8 Å². The number of nitrogens with zero attached hydrogens (tertiary/aromatic N) is 3. The Balaban J connectivity index is 1.41. The number of hydrogen-bond donors (Lipinski definition) is 1. The van der Waals surface area contributed by atoms with E-state index in [0.717, 1.165) is 32.7 Å². The molecule has 1 N–H and O–H groups in total. The first-order chi connectivity index (χ1) is 12.8. The molecular weight excluding hydrogens is 324 g/mol. The van der Waals surface area contributed by atoms with Crippen molar-refractivity contribution in [2.45, 2.75) is 6.54 Å². The number of aromatic nitrogens is 2. The molecule has 0 atom stereocenters. The van der Waals surface area contributed by atoms with Gasteiger partial charge in [-0.2, -0.15) is 0 Å². The molecule has 0 spiro atoms. The maximum atomic E-state index is 11.9. The third-order valence-corrected chi connectivity index (χ3v) is 4.80. The summed E-state index contributed by atoms with van der Waals surface area (Å²) in [6.07, 6.45) is 3.21. The van der Waals surface area contributed by atoms with Gasteiger partial charge in [-0.05, 0) is 22.8 Å². The number of H-pyrrole nitrogens is 1. The third kappa shape index (κ3) is 3.68. The Hall–Kier alpha value is -2.92. The van der Waals surface area contributed by atoms with E-state index in [2.05, 4.69) is 68.3 Å². The predicted molar refractivity (Wildman–Crippen MR) is 104 cm³/mol. The van der Waals surface area contributed by atoms with Gasteiger partial charge in [-0.1, -0.05) is 48.5 Å². The van der Waals surface area contributed by atoms with E-state index in [1.54, 1.807) is 12.4 Å². The molecule has 0 aliphatic carbocycles. The summed E-state index contributed by atoms with van der Waals surface area (Å²) in [4.78, 5) is 23.3. The average Bonchev–Trinajstić information content (AvgIpc) is 2.70. The van der Waals surface area contributed by atoms with Crippen LogP contribution in [-0.2, 0) is 6.54 Å². The zero-order chi connectivity index (χ0) is 17.8. The highest BCUT2D eigenvalue weighted by atomic mass is 16.1. The molecular formula is C21H22N4O. The Morgan fingerprint density at radius 2 is 1.69 bits per heavy atom. The van der Waals surface area contributed by atoms with E-state index >= 15 is 0 Å². The maximum absolute atomic E-state index is 11.9. The molecule has 132 valence electrons. The summed E-state index contributed by atoms with van der Waals surface area (Å²) < 4.78 is 0. The highest BCUT2D eigenvalue weighted by Crippen LogP contribution is 2.21. The zero-order valence-electron chi connectivity index (χ0n) is 14.6. The van der Waals surface area contributed by atoms with Crippen molar-refractivity contribution in [1.82, 2.24) is 14.9 Å². The summed E-state index contributed by atoms with van der Waals surface area (Å²) in [5, 5.41) is 0. The molecule has 1 fully saturated rings. The number of hydrogen-bond acceptors (Lipinski definition) is 4. The first-order valence-electron chi connectivity index (χ1n) is 8.95. The number of piperazine rings is 1. The largest absolute Gasteiger partial charge is 0.349 e. The third-order valence-electron chi connectivity index (χ3n) is 4.80. The number of rotatable bonds is 4. The minimum atomic E-state index is -0.114. The molecule has 0 amide bonds. The summed E-state index contributed by atoms with van der Waals surface area (Å²) in [6, 6.07) is 19.2. The van der Waals surface area contributed by atoms with Crippen LogP contribution < -0.4 is 10.5 Å². The van der Waals surface area contributed by atoms with Gasteiger partial charge >= 0.3 is 0 Å². The Morgan fingerprint density at radius 1 is 0.923 bits per heavy atom. The van der Waals surface area contributed by atoms with Gasteiger partial charge in [0.1, 0.15) is 0 Å². The van der Waals surface area contributed by atoms with Crippen LogP contribution in [0, 0.1) is 0 Å². The van der Waals surface area contributed by atoms with Gasteiger partial charge in [-0.3, -0.25) is 9.69 Å². The Kier molecular flexibility index (Phi) is 4.80. The molecule has 4 rings (SSSR count). The normalized spacial score (nSPS) is 15.2. The van der Waals surface area contributed by atoms with E-state index in [1.807, 2.05) is 6.07 Å². The molecule has 1 aliphatic heterocycles. The van der Waals surface area contributed by atoms with Gasteiger partial charge < -0.3 is 9.88 Å². The minimum Gasteiger partial charge on any atom is -0.349 e. The van der Waals surface area contributed by atoms with E-state index in [-0.39, 0.29) is 5.56 Å². The summed E-state index contributed by atoms with van der Waals surface area (Å²) >= 11 is 0. The van der Waals surface area contributed by atoms with Gasteiger partial charge in [0.2, 0.25) is 0 Å². The standard InChI is InChI=1S/C21H22N4O/c26-21-20(22-9-10-23-21)25-13-11-24(12-14-25)16-17-5-4-8-19(15-17)18-6-2-1-3-7-18/h1-10,15H,11-14,16H2,(H,23,26). The van der Waals surface area contributed by atoms with Crippen LogP contribution in [0.4, 0.5) is 5.82 Å². The molecule has 1 saturated heterocycles. The van der Waals surface area contributed by atoms with Crippen molar-refractivity contribution in [3.8, 4) is 11.1 Å². The Bertz CT molecular complexity index is 914. The number of aromatic amines is 1. The second-order valence-corrected chi connectivity index (χ2v) is 6.57.